The number of aromatic nitrogens is 2. The van der Waals surface area contributed by atoms with Crippen LogP contribution < -0.4 is 0 Å². The van der Waals surface area contributed by atoms with Gasteiger partial charge in [-0.25, -0.2) is 0 Å². The fraction of sp³-hybridized carbons (Fsp3) is 0.0333. The zero-order chi connectivity index (χ0) is 42.1. The lowest BCUT2D eigenvalue weighted by molar-refractivity contribution is 0.823. The third-order valence-corrected chi connectivity index (χ3v) is 15.4. The molecule has 0 amide bonds. The molecule has 3 heterocycles. The molecule has 13 rings (SSSR count). The van der Waals surface area contributed by atoms with Crippen LogP contribution in [0.25, 0.3) is 88.4 Å². The maximum Gasteiger partial charge on any atom is 0.0541 e. The van der Waals surface area contributed by atoms with Crippen molar-refractivity contribution in [3.63, 3.8) is 0 Å². The molecule has 0 saturated heterocycles. The summed E-state index contributed by atoms with van der Waals surface area (Å²) in [5.74, 6) is 0.393. The van der Waals surface area contributed by atoms with Gasteiger partial charge in [0.15, 0.2) is 0 Å². The Morgan fingerprint density at radius 1 is 0.391 bits per heavy atom. The Morgan fingerprint density at radius 2 is 0.875 bits per heavy atom. The third kappa shape index (κ3) is 6.28. The molecule has 2 aromatic heterocycles. The highest BCUT2D eigenvalue weighted by atomic mass is 32.2. The number of hydrogen-bond donors (Lipinski definition) is 0. The average Bonchev–Trinajstić information content (AvgIpc) is 4.01. The molecule has 2 aliphatic rings. The van der Waals surface area contributed by atoms with E-state index in [4.69, 9.17) is 0 Å². The summed E-state index contributed by atoms with van der Waals surface area (Å²) in [4.78, 5) is 5.28. The van der Waals surface area contributed by atoms with Crippen molar-refractivity contribution in [3.8, 4) is 39.1 Å². The number of nitrogens with zero attached hydrogens (tertiary/aromatic N) is 2. The summed E-state index contributed by atoms with van der Waals surface area (Å²) >= 11 is 3.78. The standard InChI is InChI=1S/C60H40N2S2/c1-4-13-39(14-5-1)42-19-12-20-45(33-42)61-55-28-23-43(40-15-6-2-7-16-40)34-50(55)52-37-47(26-30-57(52)61)63-48-27-31-58-53(38-48)51-35-44(41-17-8-3-9-18-41)24-29-56(51)62(58)46-25-32-60-54(36-46)49-21-10-11-22-59(49)64-60/h1-35,37-38,54H,36H2. The van der Waals surface area contributed by atoms with Crippen LogP contribution in [-0.4, -0.2) is 9.13 Å². The van der Waals surface area contributed by atoms with E-state index < -0.39 is 0 Å². The number of hydrogen-bond acceptors (Lipinski definition) is 2. The molecule has 1 unspecified atom stereocenters. The van der Waals surface area contributed by atoms with Crippen molar-refractivity contribution in [3.05, 3.63) is 235 Å². The molecule has 1 aliphatic carbocycles. The normalized spacial score (nSPS) is 14.5. The van der Waals surface area contributed by atoms with Crippen LogP contribution in [0.15, 0.2) is 244 Å². The Kier molecular flexibility index (Phi) is 8.89. The van der Waals surface area contributed by atoms with Crippen LogP contribution in [0.5, 0.6) is 0 Å². The van der Waals surface area contributed by atoms with Crippen LogP contribution in [0.3, 0.4) is 0 Å². The van der Waals surface area contributed by atoms with Gasteiger partial charge >= 0.3 is 0 Å². The van der Waals surface area contributed by atoms with Crippen LogP contribution in [-0.2, 0) is 0 Å². The highest BCUT2D eigenvalue weighted by Crippen LogP contribution is 2.54. The average molecular weight is 853 g/mol. The number of benzene rings is 9. The highest BCUT2D eigenvalue weighted by Gasteiger charge is 2.31. The van der Waals surface area contributed by atoms with Crippen LogP contribution >= 0.6 is 23.5 Å². The summed E-state index contributed by atoms with van der Waals surface area (Å²) in [7, 11) is 0. The first-order chi connectivity index (χ1) is 31.7. The number of fused-ring (bicyclic) bond motifs is 9. The number of rotatable bonds is 7. The molecule has 11 aromatic rings. The summed E-state index contributed by atoms with van der Waals surface area (Å²) in [6.45, 7) is 0. The zero-order valence-corrected chi connectivity index (χ0v) is 36.5. The Bertz CT molecular complexity index is 3690. The van der Waals surface area contributed by atoms with Gasteiger partial charge in [0.1, 0.15) is 0 Å². The molecule has 0 fully saturated rings. The lowest BCUT2D eigenvalue weighted by Crippen LogP contribution is -2.06. The van der Waals surface area contributed by atoms with E-state index in [9.17, 15) is 0 Å². The van der Waals surface area contributed by atoms with Crippen molar-refractivity contribution in [2.24, 2.45) is 0 Å². The predicted octanol–water partition coefficient (Wildman–Crippen LogP) is 17.1. The van der Waals surface area contributed by atoms with E-state index in [1.54, 1.807) is 0 Å². The summed E-state index contributed by atoms with van der Waals surface area (Å²) in [5, 5.41) is 5.05. The van der Waals surface area contributed by atoms with Gasteiger partial charge in [-0.1, -0.05) is 157 Å². The molecule has 0 N–H and O–H groups in total. The van der Waals surface area contributed by atoms with E-state index >= 15 is 0 Å². The molecule has 0 radical (unpaired) electrons. The minimum atomic E-state index is 0.393. The Hall–Kier alpha value is -7.24. The molecule has 0 spiro atoms. The Morgan fingerprint density at radius 3 is 1.47 bits per heavy atom. The summed E-state index contributed by atoms with van der Waals surface area (Å²) in [5.41, 5.74) is 16.2. The zero-order valence-electron chi connectivity index (χ0n) is 34.9. The lowest BCUT2D eigenvalue weighted by atomic mass is 9.90. The predicted molar refractivity (Wildman–Crippen MR) is 273 cm³/mol. The van der Waals surface area contributed by atoms with Crippen LogP contribution in [0.1, 0.15) is 17.9 Å². The van der Waals surface area contributed by atoms with Crippen LogP contribution in [0, 0.1) is 0 Å². The second kappa shape index (κ2) is 15.2. The molecule has 64 heavy (non-hydrogen) atoms. The smallest absolute Gasteiger partial charge is 0.0541 e. The van der Waals surface area contributed by atoms with E-state index in [2.05, 4.69) is 234 Å². The maximum atomic E-state index is 2.53. The first-order valence-corrected chi connectivity index (χ1v) is 23.6. The monoisotopic (exact) mass is 852 g/mol. The second-order valence-electron chi connectivity index (χ2n) is 16.9. The first kappa shape index (κ1) is 37.3. The van der Waals surface area contributed by atoms with Crippen molar-refractivity contribution < 1.29 is 0 Å². The molecule has 2 nitrogen and oxygen atoms in total. The third-order valence-electron chi connectivity index (χ3n) is 13.1. The van der Waals surface area contributed by atoms with Crippen LogP contribution in [0.4, 0.5) is 0 Å². The topological polar surface area (TPSA) is 9.86 Å². The molecule has 1 atom stereocenters. The Balaban J connectivity index is 0.938. The lowest BCUT2D eigenvalue weighted by Gasteiger charge is -2.21. The summed E-state index contributed by atoms with van der Waals surface area (Å²) in [6.07, 6.45) is 5.70. The fourth-order valence-electron chi connectivity index (χ4n) is 10.1. The summed E-state index contributed by atoms with van der Waals surface area (Å²) < 4.78 is 4.97. The van der Waals surface area contributed by atoms with E-state index in [0.29, 0.717) is 5.92 Å². The molecule has 4 heteroatoms. The van der Waals surface area contributed by atoms with Gasteiger partial charge in [-0.15, -0.1) is 0 Å². The quantitative estimate of drug-likeness (QED) is 0.158. The minimum Gasteiger partial charge on any atom is -0.313 e. The van der Waals surface area contributed by atoms with Crippen molar-refractivity contribution in [1.29, 1.82) is 0 Å². The van der Waals surface area contributed by atoms with Gasteiger partial charge in [0.2, 0.25) is 0 Å². The molecule has 1 aliphatic heterocycles. The van der Waals surface area contributed by atoms with Crippen molar-refractivity contribution in [1.82, 2.24) is 9.13 Å². The van der Waals surface area contributed by atoms with Gasteiger partial charge < -0.3 is 9.13 Å². The van der Waals surface area contributed by atoms with Gasteiger partial charge in [0.05, 0.1) is 22.1 Å². The maximum absolute atomic E-state index is 2.53. The van der Waals surface area contributed by atoms with Gasteiger partial charge in [0, 0.05) is 53.5 Å². The van der Waals surface area contributed by atoms with Crippen molar-refractivity contribution in [2.75, 3.05) is 0 Å². The van der Waals surface area contributed by atoms with Gasteiger partial charge in [-0.2, -0.15) is 0 Å². The van der Waals surface area contributed by atoms with E-state index in [0.717, 1.165) is 12.1 Å². The molecule has 0 bridgehead atoms. The molecular weight excluding hydrogens is 813 g/mol. The van der Waals surface area contributed by atoms with Crippen molar-refractivity contribution >= 4 is 72.8 Å². The first-order valence-electron chi connectivity index (χ1n) is 22.0. The molecule has 302 valence electrons. The molecule has 0 saturated carbocycles. The van der Waals surface area contributed by atoms with E-state index in [-0.39, 0.29) is 0 Å². The van der Waals surface area contributed by atoms with Gasteiger partial charge in [0.25, 0.3) is 0 Å². The number of thioether (sulfide) groups is 1. The Labute approximate surface area is 380 Å². The SMILES string of the molecule is C1=C2Sc3ccccc3C2CC(n2c3ccc(Sc4ccc5c(c4)c4cc(-c6ccccc6)ccc4n5-c4cccc(-c5ccccc5)c4)cc3c3cc(-c4ccccc4)ccc32)=C1. The fourth-order valence-corrected chi connectivity index (χ4v) is 12.2. The highest BCUT2D eigenvalue weighted by molar-refractivity contribution is 8.03. The van der Waals surface area contributed by atoms with Gasteiger partial charge in [-0.05, 0) is 141 Å². The summed E-state index contributed by atoms with van der Waals surface area (Å²) in [6, 6.07) is 78.2. The number of allylic oxidation sites excluding steroid dienone is 4. The van der Waals surface area contributed by atoms with Crippen molar-refractivity contribution in [2.45, 2.75) is 27.0 Å². The van der Waals surface area contributed by atoms with E-state index in [1.165, 1.54) is 108 Å². The minimum absolute atomic E-state index is 0.393. The largest absolute Gasteiger partial charge is 0.313 e. The van der Waals surface area contributed by atoms with Gasteiger partial charge in [-0.3, -0.25) is 0 Å². The second-order valence-corrected chi connectivity index (χ2v) is 19.1. The van der Waals surface area contributed by atoms with Crippen LogP contribution in [0.2, 0.25) is 0 Å². The molecular formula is C60H40N2S2. The molecule has 9 aromatic carbocycles. The van der Waals surface area contributed by atoms with E-state index in [1.807, 2.05) is 23.5 Å².